The Balaban J connectivity index is 2.51. The van der Waals surface area contributed by atoms with Crippen LogP contribution in [0.5, 0.6) is 0 Å². The van der Waals surface area contributed by atoms with Crippen LogP contribution < -0.4 is 0 Å². The maximum absolute atomic E-state index is 13.3. The summed E-state index contributed by atoms with van der Waals surface area (Å²) in [7, 11) is 0. The Labute approximate surface area is 95.1 Å². The van der Waals surface area contributed by atoms with Gasteiger partial charge in [0.15, 0.2) is 0 Å². The minimum absolute atomic E-state index is 0.229. The molecule has 0 N–H and O–H groups in total. The fourth-order valence-electron chi connectivity index (χ4n) is 1.64. The standard InChI is InChI=1S/C15H13F/c1-3-12-8-14(10-15(16)9-12)13-6-4-11(2)5-7-13/h3-10H,1H2,2H3. The van der Waals surface area contributed by atoms with Crippen molar-refractivity contribution in [3.8, 4) is 11.1 Å². The summed E-state index contributed by atoms with van der Waals surface area (Å²) in [6.07, 6.45) is 1.65. The van der Waals surface area contributed by atoms with Crippen LogP contribution in [0.1, 0.15) is 11.1 Å². The molecule has 1 heteroatoms. The predicted molar refractivity (Wildman–Crippen MR) is 66.7 cm³/mol. The van der Waals surface area contributed by atoms with E-state index in [9.17, 15) is 4.39 Å². The molecule has 0 bridgehead atoms. The molecule has 0 amide bonds. The fourth-order valence-corrected chi connectivity index (χ4v) is 1.64. The van der Waals surface area contributed by atoms with Gasteiger partial charge in [-0.05, 0) is 41.8 Å². The minimum Gasteiger partial charge on any atom is -0.207 e. The van der Waals surface area contributed by atoms with E-state index in [0.717, 1.165) is 16.7 Å². The first-order valence-electron chi connectivity index (χ1n) is 5.19. The minimum atomic E-state index is -0.229. The Morgan fingerprint density at radius 2 is 1.69 bits per heavy atom. The third-order valence-corrected chi connectivity index (χ3v) is 2.54. The van der Waals surface area contributed by atoms with E-state index in [1.807, 2.05) is 37.3 Å². The third-order valence-electron chi connectivity index (χ3n) is 2.54. The molecule has 0 aliphatic heterocycles. The van der Waals surface area contributed by atoms with Crippen molar-refractivity contribution < 1.29 is 4.39 Å². The van der Waals surface area contributed by atoms with Gasteiger partial charge in [-0.15, -0.1) is 0 Å². The van der Waals surface area contributed by atoms with Crippen LogP contribution in [0.15, 0.2) is 49.0 Å². The highest BCUT2D eigenvalue weighted by molar-refractivity contribution is 5.67. The highest BCUT2D eigenvalue weighted by Crippen LogP contribution is 2.22. The normalized spacial score (nSPS) is 10.1. The molecule has 0 unspecified atom stereocenters. The Bertz CT molecular complexity index is 509. The van der Waals surface area contributed by atoms with E-state index in [-0.39, 0.29) is 5.82 Å². The topological polar surface area (TPSA) is 0 Å². The smallest absolute Gasteiger partial charge is 0.124 e. The number of halogens is 1. The molecule has 16 heavy (non-hydrogen) atoms. The van der Waals surface area contributed by atoms with Gasteiger partial charge in [-0.3, -0.25) is 0 Å². The van der Waals surface area contributed by atoms with Crippen molar-refractivity contribution in [2.45, 2.75) is 6.92 Å². The van der Waals surface area contributed by atoms with Crippen molar-refractivity contribution in [3.05, 3.63) is 66.0 Å². The fraction of sp³-hybridized carbons (Fsp3) is 0.0667. The van der Waals surface area contributed by atoms with E-state index in [1.165, 1.54) is 17.7 Å². The van der Waals surface area contributed by atoms with Crippen LogP contribution in [0.25, 0.3) is 17.2 Å². The second-order valence-electron chi connectivity index (χ2n) is 3.84. The maximum atomic E-state index is 13.3. The molecular formula is C15H13F. The van der Waals surface area contributed by atoms with Crippen molar-refractivity contribution in [3.63, 3.8) is 0 Å². The van der Waals surface area contributed by atoms with E-state index in [1.54, 1.807) is 6.08 Å². The Morgan fingerprint density at radius 1 is 1.00 bits per heavy atom. The SMILES string of the molecule is C=Cc1cc(F)cc(-c2ccc(C)cc2)c1. The zero-order valence-corrected chi connectivity index (χ0v) is 9.20. The van der Waals surface area contributed by atoms with Gasteiger partial charge in [0.2, 0.25) is 0 Å². The van der Waals surface area contributed by atoms with Gasteiger partial charge in [-0.1, -0.05) is 42.5 Å². The maximum Gasteiger partial charge on any atom is 0.124 e. The van der Waals surface area contributed by atoms with E-state index >= 15 is 0 Å². The van der Waals surface area contributed by atoms with Crippen LogP contribution >= 0.6 is 0 Å². The largest absolute Gasteiger partial charge is 0.207 e. The summed E-state index contributed by atoms with van der Waals surface area (Å²) >= 11 is 0. The van der Waals surface area contributed by atoms with Gasteiger partial charge >= 0.3 is 0 Å². The zero-order valence-electron chi connectivity index (χ0n) is 9.20. The third kappa shape index (κ3) is 2.19. The van der Waals surface area contributed by atoms with E-state index in [2.05, 4.69) is 6.58 Å². The summed E-state index contributed by atoms with van der Waals surface area (Å²) in [5.74, 6) is -0.229. The Morgan fingerprint density at radius 3 is 2.31 bits per heavy atom. The molecule has 2 aromatic rings. The molecule has 0 fully saturated rings. The predicted octanol–water partition coefficient (Wildman–Crippen LogP) is 4.44. The molecular weight excluding hydrogens is 199 g/mol. The highest BCUT2D eigenvalue weighted by atomic mass is 19.1. The first-order chi connectivity index (χ1) is 7.69. The molecule has 0 aromatic heterocycles. The van der Waals surface area contributed by atoms with Crippen molar-refractivity contribution in [2.75, 3.05) is 0 Å². The van der Waals surface area contributed by atoms with Crippen molar-refractivity contribution in [2.24, 2.45) is 0 Å². The molecule has 0 aliphatic rings. The first kappa shape index (κ1) is 10.6. The van der Waals surface area contributed by atoms with Gasteiger partial charge in [-0.25, -0.2) is 4.39 Å². The van der Waals surface area contributed by atoms with Gasteiger partial charge < -0.3 is 0 Å². The van der Waals surface area contributed by atoms with Gasteiger partial charge in [0, 0.05) is 0 Å². The van der Waals surface area contributed by atoms with E-state index in [0.29, 0.717) is 0 Å². The van der Waals surface area contributed by atoms with Crippen molar-refractivity contribution in [1.82, 2.24) is 0 Å². The zero-order chi connectivity index (χ0) is 11.5. The number of benzene rings is 2. The lowest BCUT2D eigenvalue weighted by Gasteiger charge is -2.04. The van der Waals surface area contributed by atoms with Gasteiger partial charge in [0.05, 0.1) is 0 Å². The summed E-state index contributed by atoms with van der Waals surface area (Å²) in [5.41, 5.74) is 3.91. The first-order valence-corrected chi connectivity index (χ1v) is 5.19. The van der Waals surface area contributed by atoms with Crippen LogP contribution in [-0.4, -0.2) is 0 Å². The van der Waals surface area contributed by atoms with Crippen molar-refractivity contribution in [1.29, 1.82) is 0 Å². The summed E-state index contributed by atoms with van der Waals surface area (Å²) in [6.45, 7) is 5.69. The molecule has 80 valence electrons. The van der Waals surface area contributed by atoms with Crippen molar-refractivity contribution >= 4 is 6.08 Å². The average Bonchev–Trinajstić information content (AvgIpc) is 2.29. The van der Waals surface area contributed by atoms with Crippen LogP contribution in [0.2, 0.25) is 0 Å². The lowest BCUT2D eigenvalue weighted by Crippen LogP contribution is -1.83. The van der Waals surface area contributed by atoms with Crippen LogP contribution in [0.4, 0.5) is 4.39 Å². The Kier molecular flexibility index (Phi) is 2.86. The number of rotatable bonds is 2. The molecule has 0 heterocycles. The molecule has 2 rings (SSSR count). The molecule has 2 aromatic carbocycles. The summed E-state index contributed by atoms with van der Waals surface area (Å²) in [6, 6.07) is 13.0. The summed E-state index contributed by atoms with van der Waals surface area (Å²) < 4.78 is 13.3. The molecule has 0 spiro atoms. The molecule has 0 aliphatic carbocycles. The van der Waals surface area contributed by atoms with Crippen LogP contribution in [-0.2, 0) is 0 Å². The number of hydrogen-bond donors (Lipinski definition) is 0. The number of hydrogen-bond acceptors (Lipinski definition) is 0. The summed E-state index contributed by atoms with van der Waals surface area (Å²) in [5, 5.41) is 0. The average molecular weight is 212 g/mol. The molecule has 0 saturated heterocycles. The highest BCUT2D eigenvalue weighted by Gasteiger charge is 2.01. The van der Waals surface area contributed by atoms with E-state index in [4.69, 9.17) is 0 Å². The quantitative estimate of drug-likeness (QED) is 0.690. The van der Waals surface area contributed by atoms with Gasteiger partial charge in [0.25, 0.3) is 0 Å². The molecule has 0 radical (unpaired) electrons. The van der Waals surface area contributed by atoms with Crippen LogP contribution in [0, 0.1) is 12.7 Å². The monoisotopic (exact) mass is 212 g/mol. The second-order valence-corrected chi connectivity index (χ2v) is 3.84. The second kappa shape index (κ2) is 4.31. The van der Waals surface area contributed by atoms with Gasteiger partial charge in [0.1, 0.15) is 5.82 Å². The molecule has 0 atom stereocenters. The Hall–Kier alpha value is -1.89. The lowest BCUT2D eigenvalue weighted by atomic mass is 10.0. The molecule has 0 saturated carbocycles. The van der Waals surface area contributed by atoms with Gasteiger partial charge in [-0.2, -0.15) is 0 Å². The molecule has 0 nitrogen and oxygen atoms in total. The summed E-state index contributed by atoms with van der Waals surface area (Å²) in [4.78, 5) is 0. The number of aryl methyl sites for hydroxylation is 1. The lowest BCUT2D eigenvalue weighted by molar-refractivity contribution is 0.628. The van der Waals surface area contributed by atoms with Crippen LogP contribution in [0.3, 0.4) is 0 Å². The van der Waals surface area contributed by atoms with E-state index < -0.39 is 0 Å².